The van der Waals surface area contributed by atoms with E-state index < -0.39 is 12.1 Å². The topological polar surface area (TPSA) is 69.6 Å². The lowest BCUT2D eigenvalue weighted by Gasteiger charge is -2.22. The molecule has 4 heteroatoms. The van der Waals surface area contributed by atoms with Gasteiger partial charge < -0.3 is 15.5 Å². The molecule has 4 nitrogen and oxygen atoms in total. The Morgan fingerprint density at radius 3 is 1.00 bits per heavy atom. The van der Waals surface area contributed by atoms with Crippen LogP contribution in [0.2, 0.25) is 0 Å². The lowest BCUT2D eigenvalue weighted by Crippen LogP contribution is -2.45. The summed E-state index contributed by atoms with van der Waals surface area (Å²) in [5, 5.41) is 23.1. The Morgan fingerprint density at radius 2 is 0.711 bits per heavy atom. The number of carbonyl (C=O) groups is 1. The number of rotatable bonds is 38. The van der Waals surface area contributed by atoms with Gasteiger partial charge in [-0.25, -0.2) is 0 Å². The molecule has 0 heterocycles. The van der Waals surface area contributed by atoms with Crippen molar-refractivity contribution < 1.29 is 15.0 Å². The molecule has 0 fully saturated rings. The molecule has 2 unspecified atom stereocenters. The van der Waals surface area contributed by atoms with Crippen molar-refractivity contribution in [2.75, 3.05) is 6.61 Å². The fourth-order valence-electron chi connectivity index (χ4n) is 6.66. The summed E-state index contributed by atoms with van der Waals surface area (Å²) in [6, 6.07) is -0.527. The summed E-state index contributed by atoms with van der Waals surface area (Å²) in [6.45, 7) is 4.35. The maximum atomic E-state index is 12.3. The number of hydrogen-bond acceptors (Lipinski definition) is 3. The molecule has 0 aliphatic rings. The maximum Gasteiger partial charge on any atom is 0.220 e. The molecule has 45 heavy (non-hydrogen) atoms. The molecule has 2 atom stereocenters. The van der Waals surface area contributed by atoms with E-state index in [0.29, 0.717) is 12.8 Å². The van der Waals surface area contributed by atoms with E-state index in [0.717, 1.165) is 25.7 Å². The van der Waals surface area contributed by atoms with Crippen molar-refractivity contribution in [1.82, 2.24) is 5.32 Å². The van der Waals surface area contributed by atoms with Gasteiger partial charge >= 0.3 is 0 Å². The summed E-state index contributed by atoms with van der Waals surface area (Å²) in [7, 11) is 0. The van der Waals surface area contributed by atoms with Crippen LogP contribution in [-0.2, 0) is 4.79 Å². The molecule has 0 saturated carbocycles. The summed E-state index contributed by atoms with van der Waals surface area (Å²) in [5.74, 6) is -0.0318. The Bertz CT molecular complexity index is 569. The third-order valence-electron chi connectivity index (χ3n) is 9.87. The molecule has 0 bridgehead atoms. The van der Waals surface area contributed by atoms with Gasteiger partial charge in [0.15, 0.2) is 0 Å². The Kier molecular flexibility index (Phi) is 37.3. The number of aliphatic hydroxyl groups is 2. The van der Waals surface area contributed by atoms with Crippen LogP contribution in [0.25, 0.3) is 0 Å². The van der Waals surface area contributed by atoms with Gasteiger partial charge in [-0.2, -0.15) is 0 Å². The standard InChI is InChI=1S/C41H83NO3/c1-3-5-7-9-11-13-14-15-16-17-18-19-20-21-22-23-24-25-26-27-29-30-32-34-36-40(44)39(38-43)42-41(45)37-35-33-31-28-12-10-8-6-4-2/h39-40,43-44H,3-38H2,1-2H3,(H,42,45). The van der Waals surface area contributed by atoms with Crippen molar-refractivity contribution in [3.63, 3.8) is 0 Å². The first-order chi connectivity index (χ1) is 22.2. The minimum atomic E-state index is -0.651. The minimum Gasteiger partial charge on any atom is -0.394 e. The number of amides is 1. The van der Waals surface area contributed by atoms with Gasteiger partial charge in [0.2, 0.25) is 5.91 Å². The predicted molar refractivity (Wildman–Crippen MR) is 198 cm³/mol. The van der Waals surface area contributed by atoms with Crippen molar-refractivity contribution in [3.05, 3.63) is 0 Å². The molecule has 0 saturated heterocycles. The number of hydrogen-bond donors (Lipinski definition) is 3. The zero-order valence-electron chi connectivity index (χ0n) is 30.9. The molecule has 0 aromatic carbocycles. The lowest BCUT2D eigenvalue weighted by atomic mass is 10.0. The van der Waals surface area contributed by atoms with E-state index in [9.17, 15) is 15.0 Å². The first-order valence-electron chi connectivity index (χ1n) is 20.7. The highest BCUT2D eigenvalue weighted by atomic mass is 16.3. The average Bonchev–Trinajstić information content (AvgIpc) is 3.04. The Morgan fingerprint density at radius 1 is 0.444 bits per heavy atom. The highest BCUT2D eigenvalue weighted by Crippen LogP contribution is 2.17. The molecule has 0 aliphatic carbocycles. The third-order valence-corrected chi connectivity index (χ3v) is 9.87. The van der Waals surface area contributed by atoms with Crippen LogP contribution >= 0.6 is 0 Å². The second-order valence-corrected chi connectivity index (χ2v) is 14.4. The van der Waals surface area contributed by atoms with Gasteiger partial charge in [0.05, 0.1) is 18.8 Å². The van der Waals surface area contributed by atoms with E-state index in [4.69, 9.17) is 0 Å². The molecule has 0 spiro atoms. The molecular formula is C41H83NO3. The van der Waals surface area contributed by atoms with Gasteiger partial charge in [-0.15, -0.1) is 0 Å². The van der Waals surface area contributed by atoms with Crippen LogP contribution in [0, 0.1) is 0 Å². The van der Waals surface area contributed by atoms with Gasteiger partial charge in [-0.1, -0.05) is 219 Å². The Labute approximate surface area is 283 Å². The first kappa shape index (κ1) is 44.4. The zero-order valence-corrected chi connectivity index (χ0v) is 30.9. The molecule has 0 aromatic heterocycles. The quantitative estimate of drug-likeness (QED) is 0.0590. The van der Waals surface area contributed by atoms with Gasteiger partial charge in [0.1, 0.15) is 0 Å². The Balaban J connectivity index is 3.41. The smallest absolute Gasteiger partial charge is 0.220 e. The van der Waals surface area contributed by atoms with Crippen LogP contribution in [0.1, 0.15) is 239 Å². The summed E-state index contributed by atoms with van der Waals surface area (Å²) in [5.41, 5.74) is 0. The summed E-state index contributed by atoms with van der Waals surface area (Å²) in [4.78, 5) is 12.3. The monoisotopic (exact) mass is 638 g/mol. The van der Waals surface area contributed by atoms with Crippen molar-refractivity contribution in [2.45, 2.75) is 251 Å². The van der Waals surface area contributed by atoms with E-state index >= 15 is 0 Å². The molecule has 0 radical (unpaired) electrons. The van der Waals surface area contributed by atoms with E-state index in [2.05, 4.69) is 19.2 Å². The highest BCUT2D eigenvalue weighted by Gasteiger charge is 2.19. The molecular weight excluding hydrogens is 554 g/mol. The Hall–Kier alpha value is -0.610. The lowest BCUT2D eigenvalue weighted by molar-refractivity contribution is -0.123. The van der Waals surface area contributed by atoms with E-state index in [1.165, 1.54) is 186 Å². The van der Waals surface area contributed by atoms with Gasteiger partial charge in [0.25, 0.3) is 0 Å². The molecule has 3 N–H and O–H groups in total. The van der Waals surface area contributed by atoms with Gasteiger partial charge in [0, 0.05) is 6.42 Å². The fraction of sp³-hybridized carbons (Fsp3) is 0.976. The number of nitrogens with one attached hydrogen (secondary N) is 1. The van der Waals surface area contributed by atoms with Crippen molar-refractivity contribution in [1.29, 1.82) is 0 Å². The van der Waals surface area contributed by atoms with Crippen LogP contribution in [0.15, 0.2) is 0 Å². The molecule has 1 amide bonds. The van der Waals surface area contributed by atoms with E-state index in [1.807, 2.05) is 0 Å². The van der Waals surface area contributed by atoms with Gasteiger partial charge in [-0.05, 0) is 12.8 Å². The highest BCUT2D eigenvalue weighted by molar-refractivity contribution is 5.76. The van der Waals surface area contributed by atoms with Crippen LogP contribution in [0.3, 0.4) is 0 Å². The molecule has 0 aromatic rings. The summed E-state index contributed by atoms with van der Waals surface area (Å²) < 4.78 is 0. The normalized spacial score (nSPS) is 12.9. The predicted octanol–water partition coefficient (Wildman–Crippen LogP) is 12.5. The minimum absolute atomic E-state index is 0.0318. The molecule has 0 aliphatic heterocycles. The second-order valence-electron chi connectivity index (χ2n) is 14.4. The summed E-state index contributed by atoms with van der Waals surface area (Å²) in [6.07, 6.45) is 44.7. The molecule has 0 rings (SSSR count). The fourth-order valence-corrected chi connectivity index (χ4v) is 6.66. The van der Waals surface area contributed by atoms with Crippen LogP contribution in [0.4, 0.5) is 0 Å². The van der Waals surface area contributed by atoms with E-state index in [-0.39, 0.29) is 12.5 Å². The maximum absolute atomic E-state index is 12.3. The van der Waals surface area contributed by atoms with E-state index in [1.54, 1.807) is 0 Å². The largest absolute Gasteiger partial charge is 0.394 e. The van der Waals surface area contributed by atoms with Crippen LogP contribution < -0.4 is 5.32 Å². The first-order valence-corrected chi connectivity index (χ1v) is 20.7. The van der Waals surface area contributed by atoms with Crippen molar-refractivity contribution >= 4 is 5.91 Å². The number of unbranched alkanes of at least 4 members (excludes halogenated alkanes) is 31. The number of carbonyl (C=O) groups excluding carboxylic acids is 1. The van der Waals surface area contributed by atoms with Gasteiger partial charge in [-0.3, -0.25) is 4.79 Å². The van der Waals surface area contributed by atoms with Crippen LogP contribution in [0.5, 0.6) is 0 Å². The number of aliphatic hydroxyl groups excluding tert-OH is 2. The zero-order chi connectivity index (χ0) is 32.9. The second kappa shape index (κ2) is 37.8. The van der Waals surface area contributed by atoms with Crippen LogP contribution in [-0.4, -0.2) is 34.9 Å². The average molecular weight is 638 g/mol. The summed E-state index contributed by atoms with van der Waals surface area (Å²) >= 11 is 0. The van der Waals surface area contributed by atoms with Crippen molar-refractivity contribution in [2.24, 2.45) is 0 Å². The van der Waals surface area contributed by atoms with Crippen molar-refractivity contribution in [3.8, 4) is 0 Å². The third kappa shape index (κ3) is 34.5. The SMILES string of the molecule is CCCCCCCCCCCCCCCCCCCCCCCCCCC(O)C(CO)NC(=O)CCCCCCCCCCC. The molecule has 270 valence electrons.